The van der Waals surface area contributed by atoms with Crippen LogP contribution in [0, 0.1) is 0 Å². The van der Waals surface area contributed by atoms with Crippen LogP contribution in [0.5, 0.6) is 0 Å². The Balaban J connectivity index is 2.26. The standard InChI is InChI=1S/C13H13BrClNS/c1-16(9-11-5-3-7-17-11)13-10(8-14)4-2-6-12(13)15/h2-7H,8-9H2,1H3. The van der Waals surface area contributed by atoms with Gasteiger partial charge in [-0.2, -0.15) is 0 Å². The fourth-order valence-electron chi connectivity index (χ4n) is 1.81. The van der Waals surface area contributed by atoms with E-state index in [9.17, 15) is 0 Å². The second-order valence-corrected chi connectivity index (χ2v) is 5.82. The Morgan fingerprint density at radius 3 is 2.76 bits per heavy atom. The van der Waals surface area contributed by atoms with E-state index < -0.39 is 0 Å². The van der Waals surface area contributed by atoms with Crippen molar-refractivity contribution in [3.8, 4) is 0 Å². The van der Waals surface area contributed by atoms with Gasteiger partial charge in [0.05, 0.1) is 17.3 Å². The lowest BCUT2D eigenvalue weighted by molar-refractivity contribution is 0.933. The maximum absolute atomic E-state index is 6.28. The molecule has 4 heteroatoms. The summed E-state index contributed by atoms with van der Waals surface area (Å²) in [5.74, 6) is 0. The zero-order valence-corrected chi connectivity index (χ0v) is 12.6. The Kier molecular flexibility index (Phi) is 4.48. The highest BCUT2D eigenvalue weighted by Crippen LogP contribution is 2.31. The summed E-state index contributed by atoms with van der Waals surface area (Å²) >= 11 is 11.6. The Morgan fingerprint density at radius 2 is 2.12 bits per heavy atom. The minimum atomic E-state index is 0.806. The number of halogens is 2. The fourth-order valence-corrected chi connectivity index (χ4v) is 3.36. The smallest absolute Gasteiger partial charge is 0.0642 e. The van der Waals surface area contributed by atoms with Crippen LogP contribution in [0.15, 0.2) is 35.7 Å². The topological polar surface area (TPSA) is 3.24 Å². The Morgan fingerprint density at radius 1 is 1.29 bits per heavy atom. The van der Waals surface area contributed by atoms with Crippen LogP contribution >= 0.6 is 38.9 Å². The van der Waals surface area contributed by atoms with Crippen molar-refractivity contribution in [2.24, 2.45) is 0 Å². The maximum atomic E-state index is 6.28. The molecule has 0 fully saturated rings. The van der Waals surface area contributed by atoms with Crippen LogP contribution in [0.25, 0.3) is 0 Å². The SMILES string of the molecule is CN(Cc1cccs1)c1c(Cl)cccc1CBr. The number of anilines is 1. The minimum absolute atomic E-state index is 0.806. The molecule has 17 heavy (non-hydrogen) atoms. The molecular formula is C13H13BrClNS. The van der Waals surface area contributed by atoms with E-state index in [-0.39, 0.29) is 0 Å². The summed E-state index contributed by atoms with van der Waals surface area (Å²) in [6.45, 7) is 0.890. The molecule has 90 valence electrons. The minimum Gasteiger partial charge on any atom is -0.368 e. The molecule has 0 aliphatic carbocycles. The second-order valence-electron chi connectivity index (χ2n) is 3.82. The number of rotatable bonds is 4. The van der Waals surface area contributed by atoms with Crippen LogP contribution in [0.4, 0.5) is 5.69 Å². The molecule has 0 bridgehead atoms. The molecule has 0 aliphatic heterocycles. The molecule has 1 aromatic carbocycles. The number of hydrogen-bond donors (Lipinski definition) is 0. The lowest BCUT2D eigenvalue weighted by atomic mass is 10.2. The van der Waals surface area contributed by atoms with Crippen molar-refractivity contribution < 1.29 is 0 Å². The van der Waals surface area contributed by atoms with Crippen molar-refractivity contribution in [3.63, 3.8) is 0 Å². The largest absolute Gasteiger partial charge is 0.368 e. The average Bonchev–Trinajstić information content (AvgIpc) is 2.81. The third-order valence-corrected chi connectivity index (χ3v) is 4.34. The van der Waals surface area contributed by atoms with Crippen LogP contribution in [0.2, 0.25) is 5.02 Å². The normalized spacial score (nSPS) is 10.5. The molecule has 0 atom stereocenters. The Hall–Kier alpha value is -0.510. The summed E-state index contributed by atoms with van der Waals surface area (Å²) in [6.07, 6.45) is 0. The quantitative estimate of drug-likeness (QED) is 0.718. The Labute approximate surface area is 119 Å². The molecule has 2 rings (SSSR count). The van der Waals surface area contributed by atoms with Gasteiger partial charge in [0.25, 0.3) is 0 Å². The lowest BCUT2D eigenvalue weighted by Crippen LogP contribution is -2.17. The summed E-state index contributed by atoms with van der Waals surface area (Å²) in [5.41, 5.74) is 2.33. The number of para-hydroxylation sites is 1. The van der Waals surface area contributed by atoms with Crippen LogP contribution in [0.1, 0.15) is 10.4 Å². The van der Waals surface area contributed by atoms with E-state index in [1.807, 2.05) is 12.1 Å². The molecule has 0 N–H and O–H groups in total. The molecule has 0 aliphatic rings. The molecule has 0 spiro atoms. The average molecular weight is 331 g/mol. The molecule has 1 aromatic heterocycles. The molecule has 0 unspecified atom stereocenters. The number of thiophene rings is 1. The van der Waals surface area contributed by atoms with Crippen molar-refractivity contribution in [1.82, 2.24) is 0 Å². The summed E-state index contributed by atoms with van der Waals surface area (Å²) < 4.78 is 0. The van der Waals surface area contributed by atoms with E-state index in [0.717, 1.165) is 22.6 Å². The van der Waals surface area contributed by atoms with Crippen LogP contribution in [-0.2, 0) is 11.9 Å². The highest BCUT2D eigenvalue weighted by molar-refractivity contribution is 9.08. The molecular weight excluding hydrogens is 318 g/mol. The van der Waals surface area contributed by atoms with E-state index in [2.05, 4.69) is 51.5 Å². The van der Waals surface area contributed by atoms with E-state index in [1.54, 1.807) is 11.3 Å². The second kappa shape index (κ2) is 5.89. The van der Waals surface area contributed by atoms with Crippen molar-refractivity contribution in [1.29, 1.82) is 0 Å². The van der Waals surface area contributed by atoms with E-state index >= 15 is 0 Å². The van der Waals surface area contributed by atoms with Crippen molar-refractivity contribution in [2.45, 2.75) is 11.9 Å². The summed E-state index contributed by atoms with van der Waals surface area (Å²) in [6, 6.07) is 10.2. The first-order chi connectivity index (χ1) is 8.22. The molecule has 0 saturated heterocycles. The number of benzene rings is 1. The number of nitrogens with zero attached hydrogens (tertiary/aromatic N) is 1. The van der Waals surface area contributed by atoms with Gasteiger partial charge in [-0.05, 0) is 23.1 Å². The van der Waals surface area contributed by atoms with Gasteiger partial charge in [-0.25, -0.2) is 0 Å². The van der Waals surface area contributed by atoms with Gasteiger partial charge in [0, 0.05) is 17.3 Å². The third kappa shape index (κ3) is 3.03. The first-order valence-electron chi connectivity index (χ1n) is 5.29. The predicted molar refractivity (Wildman–Crippen MR) is 80.5 cm³/mol. The van der Waals surface area contributed by atoms with E-state index in [0.29, 0.717) is 0 Å². The fraction of sp³-hybridized carbons (Fsp3) is 0.231. The molecule has 1 heterocycles. The highest BCUT2D eigenvalue weighted by atomic mass is 79.9. The van der Waals surface area contributed by atoms with Gasteiger partial charge in [0.15, 0.2) is 0 Å². The van der Waals surface area contributed by atoms with Gasteiger partial charge in [-0.1, -0.05) is 45.7 Å². The lowest BCUT2D eigenvalue weighted by Gasteiger charge is -2.22. The maximum Gasteiger partial charge on any atom is 0.0642 e. The first kappa shape index (κ1) is 12.9. The summed E-state index contributed by atoms with van der Waals surface area (Å²) in [5, 5.41) is 3.72. The van der Waals surface area contributed by atoms with E-state index in [1.165, 1.54) is 10.4 Å². The van der Waals surface area contributed by atoms with Crippen LogP contribution in [-0.4, -0.2) is 7.05 Å². The van der Waals surface area contributed by atoms with Gasteiger partial charge in [0.2, 0.25) is 0 Å². The van der Waals surface area contributed by atoms with E-state index in [4.69, 9.17) is 11.6 Å². The van der Waals surface area contributed by atoms with Gasteiger partial charge in [-0.3, -0.25) is 0 Å². The number of alkyl halides is 1. The van der Waals surface area contributed by atoms with Crippen molar-refractivity contribution in [3.05, 3.63) is 51.2 Å². The van der Waals surface area contributed by atoms with Crippen molar-refractivity contribution >= 4 is 44.6 Å². The molecule has 1 nitrogen and oxygen atoms in total. The molecule has 0 radical (unpaired) electrons. The van der Waals surface area contributed by atoms with Crippen molar-refractivity contribution in [2.75, 3.05) is 11.9 Å². The zero-order chi connectivity index (χ0) is 12.3. The van der Waals surface area contributed by atoms with Gasteiger partial charge >= 0.3 is 0 Å². The predicted octanol–water partition coefficient (Wildman–Crippen LogP) is 4.93. The monoisotopic (exact) mass is 329 g/mol. The van der Waals surface area contributed by atoms with Crippen LogP contribution in [0.3, 0.4) is 0 Å². The van der Waals surface area contributed by atoms with Gasteiger partial charge in [0.1, 0.15) is 0 Å². The number of hydrogen-bond acceptors (Lipinski definition) is 2. The first-order valence-corrected chi connectivity index (χ1v) is 7.67. The molecule has 2 aromatic rings. The summed E-state index contributed by atoms with van der Waals surface area (Å²) in [7, 11) is 2.08. The Bertz CT molecular complexity index is 484. The zero-order valence-electron chi connectivity index (χ0n) is 9.49. The van der Waals surface area contributed by atoms with Gasteiger partial charge < -0.3 is 4.90 Å². The van der Waals surface area contributed by atoms with Gasteiger partial charge in [-0.15, -0.1) is 11.3 Å². The molecule has 0 amide bonds. The third-order valence-electron chi connectivity index (χ3n) is 2.57. The molecule has 0 saturated carbocycles. The van der Waals surface area contributed by atoms with Crippen LogP contribution < -0.4 is 4.90 Å². The summed E-state index contributed by atoms with van der Waals surface area (Å²) in [4.78, 5) is 3.54. The highest BCUT2D eigenvalue weighted by Gasteiger charge is 2.11.